The molecule has 0 unspecified atom stereocenters. The van der Waals surface area contributed by atoms with E-state index in [0.29, 0.717) is 23.0 Å². The SMILES string of the molecule is CC(C)[Si](OC1=CCC[C@H]2NC(=O)[C@@H](Cc3ccc([N+](=O)[O-])cc3)[C@@]12c1ccccc1)(C(C)C)C(C)C. The molecule has 0 saturated carbocycles. The molecule has 6 nitrogen and oxygen atoms in total. The number of carbonyl (C=O) groups is 1. The summed E-state index contributed by atoms with van der Waals surface area (Å²) < 4.78 is 7.42. The largest absolute Gasteiger partial charge is 0.545 e. The van der Waals surface area contributed by atoms with E-state index in [4.69, 9.17) is 4.43 Å². The molecule has 1 saturated heterocycles. The van der Waals surface area contributed by atoms with E-state index in [1.54, 1.807) is 12.1 Å². The van der Waals surface area contributed by atoms with Crippen LogP contribution >= 0.6 is 0 Å². The lowest BCUT2D eigenvalue weighted by atomic mass is 9.62. The Kier molecular flexibility index (Phi) is 7.65. The van der Waals surface area contributed by atoms with Crippen LogP contribution in [0.15, 0.2) is 66.4 Å². The third-order valence-electron chi connectivity index (χ3n) is 8.76. The van der Waals surface area contributed by atoms with Gasteiger partial charge in [0.25, 0.3) is 14.0 Å². The third-order valence-corrected chi connectivity index (χ3v) is 14.7. The van der Waals surface area contributed by atoms with Crippen LogP contribution in [-0.2, 0) is 21.1 Å². The van der Waals surface area contributed by atoms with Gasteiger partial charge in [-0.15, -0.1) is 0 Å². The fourth-order valence-corrected chi connectivity index (χ4v) is 12.5. The van der Waals surface area contributed by atoms with Crippen LogP contribution in [0.2, 0.25) is 16.6 Å². The van der Waals surface area contributed by atoms with Gasteiger partial charge in [-0.2, -0.15) is 0 Å². The van der Waals surface area contributed by atoms with Crippen LogP contribution in [0, 0.1) is 16.0 Å². The molecule has 3 atom stereocenters. The second kappa shape index (κ2) is 10.4. The van der Waals surface area contributed by atoms with E-state index >= 15 is 0 Å². The molecule has 37 heavy (non-hydrogen) atoms. The van der Waals surface area contributed by atoms with E-state index in [1.165, 1.54) is 12.1 Å². The highest BCUT2D eigenvalue weighted by atomic mass is 28.4. The van der Waals surface area contributed by atoms with Gasteiger partial charge >= 0.3 is 0 Å². The molecule has 1 N–H and O–H groups in total. The molecule has 198 valence electrons. The van der Waals surface area contributed by atoms with Crippen LogP contribution in [0.3, 0.4) is 0 Å². The Hall–Kier alpha value is -2.93. The zero-order chi connectivity index (χ0) is 27.0. The second-order valence-electron chi connectivity index (χ2n) is 11.5. The van der Waals surface area contributed by atoms with E-state index in [0.717, 1.165) is 29.7 Å². The van der Waals surface area contributed by atoms with Crippen molar-refractivity contribution in [2.24, 2.45) is 5.92 Å². The Balaban J connectivity index is 1.87. The van der Waals surface area contributed by atoms with Crippen molar-refractivity contribution in [1.29, 1.82) is 0 Å². The van der Waals surface area contributed by atoms with Crippen LogP contribution in [0.4, 0.5) is 5.69 Å². The highest BCUT2D eigenvalue weighted by molar-refractivity contribution is 6.77. The Morgan fingerprint density at radius 3 is 2.14 bits per heavy atom. The van der Waals surface area contributed by atoms with Crippen molar-refractivity contribution in [1.82, 2.24) is 5.32 Å². The van der Waals surface area contributed by atoms with E-state index in [1.807, 2.05) is 18.2 Å². The molecule has 2 aliphatic rings. The van der Waals surface area contributed by atoms with Gasteiger partial charge in [0.1, 0.15) is 0 Å². The van der Waals surface area contributed by atoms with E-state index in [2.05, 4.69) is 65.1 Å². The molecule has 1 heterocycles. The summed E-state index contributed by atoms with van der Waals surface area (Å²) in [4.78, 5) is 24.5. The molecule has 0 spiro atoms. The maximum absolute atomic E-state index is 13.7. The number of nitrogens with one attached hydrogen (secondary N) is 1. The molecule has 0 aromatic heterocycles. The number of hydrogen-bond donors (Lipinski definition) is 1. The molecule has 1 amide bonds. The van der Waals surface area contributed by atoms with Crippen molar-refractivity contribution in [3.05, 3.63) is 87.7 Å². The minimum atomic E-state index is -2.30. The van der Waals surface area contributed by atoms with Gasteiger partial charge in [0.2, 0.25) is 5.91 Å². The number of hydrogen-bond acceptors (Lipinski definition) is 4. The Bertz CT molecular complexity index is 1140. The van der Waals surface area contributed by atoms with Gasteiger partial charge in [0.15, 0.2) is 0 Å². The number of nitro groups is 1. The van der Waals surface area contributed by atoms with Crippen molar-refractivity contribution in [3.63, 3.8) is 0 Å². The molecule has 1 fully saturated rings. The molecule has 2 aromatic rings. The Labute approximate surface area is 221 Å². The van der Waals surface area contributed by atoms with Crippen molar-refractivity contribution in [3.8, 4) is 0 Å². The molecule has 2 aromatic carbocycles. The van der Waals surface area contributed by atoms with Crippen molar-refractivity contribution < 1.29 is 14.1 Å². The summed E-state index contributed by atoms with van der Waals surface area (Å²) in [6.45, 7) is 13.7. The van der Waals surface area contributed by atoms with E-state index in [-0.39, 0.29) is 23.6 Å². The van der Waals surface area contributed by atoms with Crippen LogP contribution < -0.4 is 5.32 Å². The highest BCUT2D eigenvalue weighted by Crippen LogP contribution is 2.55. The lowest BCUT2D eigenvalue weighted by Gasteiger charge is -2.50. The molecule has 4 rings (SSSR count). The average Bonchev–Trinajstić information content (AvgIpc) is 3.15. The lowest BCUT2D eigenvalue weighted by Crippen LogP contribution is -2.54. The summed E-state index contributed by atoms with van der Waals surface area (Å²) >= 11 is 0. The maximum atomic E-state index is 13.7. The number of benzene rings is 2. The van der Waals surface area contributed by atoms with Gasteiger partial charge in [-0.25, -0.2) is 0 Å². The monoisotopic (exact) mass is 520 g/mol. The molecular weight excluding hydrogens is 480 g/mol. The second-order valence-corrected chi connectivity index (χ2v) is 16.9. The predicted molar refractivity (Wildman–Crippen MR) is 150 cm³/mol. The van der Waals surface area contributed by atoms with Crippen LogP contribution in [0.5, 0.6) is 0 Å². The van der Waals surface area contributed by atoms with Gasteiger partial charge in [-0.1, -0.05) is 84.0 Å². The van der Waals surface area contributed by atoms with Gasteiger partial charge in [-0.05, 0) is 53.1 Å². The number of rotatable bonds is 9. The molecule has 0 bridgehead atoms. The zero-order valence-electron chi connectivity index (χ0n) is 22.9. The summed E-state index contributed by atoms with van der Waals surface area (Å²) in [5.41, 5.74) is 2.63. The number of carbonyl (C=O) groups excluding carboxylic acids is 1. The maximum Gasteiger partial charge on any atom is 0.269 e. The number of nitrogens with zero attached hydrogens (tertiary/aromatic N) is 1. The minimum Gasteiger partial charge on any atom is -0.545 e. The minimum absolute atomic E-state index is 0.0227. The lowest BCUT2D eigenvalue weighted by molar-refractivity contribution is -0.384. The summed E-state index contributed by atoms with van der Waals surface area (Å²) in [6, 6.07) is 16.9. The highest BCUT2D eigenvalue weighted by Gasteiger charge is 2.61. The number of nitro benzene ring substituents is 1. The van der Waals surface area contributed by atoms with Crippen molar-refractivity contribution in [2.75, 3.05) is 0 Å². The Morgan fingerprint density at radius 1 is 1.00 bits per heavy atom. The summed E-state index contributed by atoms with van der Waals surface area (Å²) in [7, 11) is -2.30. The van der Waals surface area contributed by atoms with Gasteiger partial charge in [-0.3, -0.25) is 14.9 Å². The first-order valence-corrected chi connectivity index (χ1v) is 15.7. The summed E-state index contributed by atoms with van der Waals surface area (Å²) in [5, 5.41) is 14.5. The van der Waals surface area contributed by atoms with Gasteiger partial charge in [0, 0.05) is 18.2 Å². The normalized spacial score (nSPS) is 23.7. The van der Waals surface area contributed by atoms with Crippen LogP contribution in [0.1, 0.15) is 65.5 Å². The third kappa shape index (κ3) is 4.52. The van der Waals surface area contributed by atoms with Gasteiger partial charge in [0.05, 0.1) is 22.0 Å². The van der Waals surface area contributed by atoms with Crippen LogP contribution in [-0.4, -0.2) is 25.2 Å². The number of fused-ring (bicyclic) bond motifs is 1. The van der Waals surface area contributed by atoms with Crippen molar-refractivity contribution >= 4 is 19.9 Å². The zero-order valence-corrected chi connectivity index (χ0v) is 23.9. The quantitative estimate of drug-likeness (QED) is 0.218. The summed E-state index contributed by atoms with van der Waals surface area (Å²) in [6.07, 6.45) is 4.44. The van der Waals surface area contributed by atoms with E-state index < -0.39 is 18.7 Å². The number of amides is 1. The number of non-ortho nitro benzene ring substituents is 1. The van der Waals surface area contributed by atoms with Gasteiger partial charge < -0.3 is 9.74 Å². The molecule has 0 radical (unpaired) electrons. The van der Waals surface area contributed by atoms with E-state index in [9.17, 15) is 14.9 Å². The standard InChI is InChI=1S/C30H40N2O4Si/c1-20(2)37(21(3)4,22(5)6)36-28-14-10-13-27-30(28,24-11-8-7-9-12-24)26(29(33)31-27)19-23-15-17-25(18-16-23)32(34)35/h7-9,11-12,14-18,20-22,26-27H,10,13,19H2,1-6H3,(H,31,33)/t26-,27-,30-/m1/s1. The fourth-order valence-electron chi connectivity index (χ4n) is 7.20. The topological polar surface area (TPSA) is 81.5 Å². The fraction of sp³-hybridized carbons (Fsp3) is 0.500. The smallest absolute Gasteiger partial charge is 0.269 e. The first-order chi connectivity index (χ1) is 17.5. The summed E-state index contributed by atoms with van der Waals surface area (Å²) in [5.74, 6) is 0.587. The Morgan fingerprint density at radius 2 is 1.59 bits per heavy atom. The predicted octanol–water partition coefficient (Wildman–Crippen LogP) is 7.06. The van der Waals surface area contributed by atoms with Crippen LogP contribution in [0.25, 0.3) is 0 Å². The molecule has 7 heteroatoms. The average molecular weight is 521 g/mol. The first kappa shape index (κ1) is 27.1. The first-order valence-electron chi connectivity index (χ1n) is 13.5. The molecular formula is C30H40N2O4Si. The molecule has 1 aliphatic carbocycles. The number of allylic oxidation sites excluding steroid dienone is 1. The molecule has 1 aliphatic heterocycles. The van der Waals surface area contributed by atoms with Crippen molar-refractivity contribution in [2.45, 2.75) is 88.9 Å².